The molecule has 1 unspecified atom stereocenters. The van der Waals surface area contributed by atoms with Gasteiger partial charge in [-0.25, -0.2) is 0 Å². The third-order valence-electron chi connectivity index (χ3n) is 1.95. The molecule has 15 heavy (non-hydrogen) atoms. The van der Waals surface area contributed by atoms with Gasteiger partial charge in [0.05, 0.1) is 24.4 Å². The van der Waals surface area contributed by atoms with E-state index in [2.05, 4.69) is 47.8 Å². The van der Waals surface area contributed by atoms with Crippen molar-refractivity contribution in [2.75, 3.05) is 0 Å². The molecule has 0 saturated heterocycles. The molecule has 1 atom stereocenters. The fourth-order valence-corrected chi connectivity index (χ4v) is 4.61. The molecular formula is C9H6Br3NOS. The van der Waals surface area contributed by atoms with E-state index in [4.69, 9.17) is 10.2 Å². The van der Waals surface area contributed by atoms with E-state index < -0.39 is 0 Å². The molecular weight excluding hydrogens is 410 g/mol. The van der Waals surface area contributed by atoms with Crippen LogP contribution in [-0.2, 0) is 0 Å². The van der Waals surface area contributed by atoms with Gasteiger partial charge in [0.25, 0.3) is 0 Å². The summed E-state index contributed by atoms with van der Waals surface area (Å²) in [6.45, 7) is 0. The monoisotopic (exact) mass is 413 g/mol. The highest BCUT2D eigenvalue weighted by Gasteiger charge is 2.19. The lowest BCUT2D eigenvalue weighted by molar-refractivity contribution is 0.487. The maximum Gasteiger partial charge on any atom is 0.139 e. The average molecular weight is 416 g/mol. The maximum absolute atomic E-state index is 6.11. The van der Waals surface area contributed by atoms with Crippen molar-refractivity contribution < 1.29 is 4.42 Å². The number of thiophene rings is 1. The molecule has 2 nitrogen and oxygen atoms in total. The van der Waals surface area contributed by atoms with Crippen LogP contribution in [0.5, 0.6) is 0 Å². The minimum atomic E-state index is -0.258. The molecule has 0 fully saturated rings. The van der Waals surface area contributed by atoms with Crippen molar-refractivity contribution in [2.24, 2.45) is 5.73 Å². The Morgan fingerprint density at radius 1 is 1.33 bits per heavy atom. The van der Waals surface area contributed by atoms with Gasteiger partial charge in [0.15, 0.2) is 0 Å². The van der Waals surface area contributed by atoms with Crippen LogP contribution >= 0.6 is 59.1 Å². The Hall–Kier alpha value is 0.380. The van der Waals surface area contributed by atoms with Crippen molar-refractivity contribution in [3.05, 3.63) is 41.8 Å². The number of halogens is 3. The molecule has 0 aliphatic heterocycles. The van der Waals surface area contributed by atoms with Crippen LogP contribution in [0.2, 0.25) is 0 Å². The first-order valence-electron chi connectivity index (χ1n) is 4.03. The van der Waals surface area contributed by atoms with E-state index in [0.717, 1.165) is 23.4 Å². The summed E-state index contributed by atoms with van der Waals surface area (Å²) < 4.78 is 8.30. The highest BCUT2D eigenvalue weighted by molar-refractivity contribution is 9.12. The average Bonchev–Trinajstić information content (AvgIpc) is 2.71. The van der Waals surface area contributed by atoms with Gasteiger partial charge in [0.1, 0.15) is 5.76 Å². The minimum Gasteiger partial charge on any atom is -0.466 e. The van der Waals surface area contributed by atoms with Crippen molar-refractivity contribution >= 4 is 59.1 Å². The molecule has 2 aromatic rings. The fraction of sp³-hybridized carbons (Fsp3) is 0.111. The van der Waals surface area contributed by atoms with E-state index in [1.165, 1.54) is 0 Å². The van der Waals surface area contributed by atoms with Crippen LogP contribution in [0.15, 0.2) is 34.9 Å². The predicted octanol–water partition coefficient (Wildman–Crippen LogP) is 4.68. The zero-order valence-electron chi connectivity index (χ0n) is 7.34. The Kier molecular flexibility index (Phi) is 3.72. The molecule has 2 N–H and O–H groups in total. The summed E-state index contributed by atoms with van der Waals surface area (Å²) >= 11 is 11.9. The van der Waals surface area contributed by atoms with Crippen LogP contribution in [0.1, 0.15) is 17.4 Å². The first-order chi connectivity index (χ1) is 7.09. The van der Waals surface area contributed by atoms with Gasteiger partial charge in [-0.1, -0.05) is 0 Å². The molecule has 2 rings (SSSR count). The van der Waals surface area contributed by atoms with Crippen LogP contribution in [0.3, 0.4) is 0 Å². The Morgan fingerprint density at radius 3 is 2.53 bits per heavy atom. The molecule has 0 saturated carbocycles. The summed E-state index contributed by atoms with van der Waals surface area (Å²) in [4.78, 5) is 0. The van der Waals surface area contributed by atoms with E-state index >= 15 is 0 Å². The third kappa shape index (κ3) is 2.39. The van der Waals surface area contributed by atoms with Crippen molar-refractivity contribution in [2.45, 2.75) is 6.04 Å². The lowest BCUT2D eigenvalue weighted by atomic mass is 10.1. The summed E-state index contributed by atoms with van der Waals surface area (Å²) in [5.41, 5.74) is 7.12. The smallest absolute Gasteiger partial charge is 0.139 e. The summed E-state index contributed by atoms with van der Waals surface area (Å²) in [6, 6.07) is 3.57. The summed E-state index contributed by atoms with van der Waals surface area (Å²) in [6.07, 6.45) is 1.62. The van der Waals surface area contributed by atoms with Crippen molar-refractivity contribution in [3.8, 4) is 0 Å². The normalized spacial score (nSPS) is 13.1. The second-order valence-electron chi connectivity index (χ2n) is 2.89. The van der Waals surface area contributed by atoms with Crippen LogP contribution in [0.25, 0.3) is 0 Å². The highest BCUT2D eigenvalue weighted by atomic mass is 79.9. The molecule has 6 heteroatoms. The van der Waals surface area contributed by atoms with Gasteiger partial charge in [-0.15, -0.1) is 11.3 Å². The van der Waals surface area contributed by atoms with E-state index in [0.29, 0.717) is 0 Å². The number of hydrogen-bond acceptors (Lipinski definition) is 3. The standard InChI is InChI=1S/C9H6Br3NOS/c10-5-1-2-14-8(5)7(13)4-3-6(11)15-9(4)12/h1-3,7H,13H2. The molecule has 0 radical (unpaired) electrons. The Morgan fingerprint density at radius 2 is 2.07 bits per heavy atom. The van der Waals surface area contributed by atoms with Crippen LogP contribution in [0, 0.1) is 0 Å². The van der Waals surface area contributed by atoms with Crippen molar-refractivity contribution in [1.82, 2.24) is 0 Å². The second kappa shape index (κ2) is 4.71. The predicted molar refractivity (Wildman–Crippen MR) is 72.2 cm³/mol. The van der Waals surface area contributed by atoms with Crippen LogP contribution in [-0.4, -0.2) is 0 Å². The molecule has 0 aromatic carbocycles. The summed E-state index contributed by atoms with van der Waals surface area (Å²) in [5.74, 6) is 0.737. The molecule has 2 aromatic heterocycles. The van der Waals surface area contributed by atoms with Crippen LogP contribution in [0.4, 0.5) is 0 Å². The van der Waals surface area contributed by atoms with E-state index in [1.54, 1.807) is 17.6 Å². The fourth-order valence-electron chi connectivity index (χ4n) is 1.23. The highest BCUT2D eigenvalue weighted by Crippen LogP contribution is 2.38. The van der Waals surface area contributed by atoms with Crippen molar-refractivity contribution in [3.63, 3.8) is 0 Å². The molecule has 0 spiro atoms. The van der Waals surface area contributed by atoms with Gasteiger partial charge >= 0.3 is 0 Å². The Balaban J connectivity index is 2.40. The van der Waals surface area contributed by atoms with E-state index in [-0.39, 0.29) is 6.04 Å². The zero-order chi connectivity index (χ0) is 11.0. The first-order valence-corrected chi connectivity index (χ1v) is 7.22. The molecule has 2 heterocycles. The van der Waals surface area contributed by atoms with Gasteiger partial charge in [-0.05, 0) is 59.9 Å². The Labute approximate surface area is 116 Å². The molecule has 0 aliphatic carbocycles. The van der Waals surface area contributed by atoms with Gasteiger partial charge in [-0.2, -0.15) is 0 Å². The van der Waals surface area contributed by atoms with Crippen molar-refractivity contribution in [1.29, 1.82) is 0 Å². The molecule has 80 valence electrons. The van der Waals surface area contributed by atoms with Gasteiger partial charge in [0.2, 0.25) is 0 Å². The van der Waals surface area contributed by atoms with E-state index in [9.17, 15) is 0 Å². The van der Waals surface area contributed by atoms with Crippen LogP contribution < -0.4 is 5.73 Å². The third-order valence-corrected chi connectivity index (χ3v) is 4.99. The zero-order valence-corrected chi connectivity index (χ0v) is 12.9. The SMILES string of the molecule is NC(c1cc(Br)sc1Br)c1occc1Br. The number of hydrogen-bond donors (Lipinski definition) is 1. The molecule has 0 aliphatic rings. The largest absolute Gasteiger partial charge is 0.466 e. The summed E-state index contributed by atoms with van der Waals surface area (Å²) in [5, 5.41) is 0. The summed E-state index contributed by atoms with van der Waals surface area (Å²) in [7, 11) is 0. The Bertz CT molecular complexity index is 479. The first kappa shape index (κ1) is 11.9. The topological polar surface area (TPSA) is 39.2 Å². The lowest BCUT2D eigenvalue weighted by Gasteiger charge is -2.08. The lowest BCUT2D eigenvalue weighted by Crippen LogP contribution is -2.10. The quantitative estimate of drug-likeness (QED) is 0.773. The minimum absolute atomic E-state index is 0.258. The van der Waals surface area contributed by atoms with Gasteiger partial charge in [-0.3, -0.25) is 0 Å². The number of furan rings is 1. The number of rotatable bonds is 2. The van der Waals surface area contributed by atoms with E-state index in [1.807, 2.05) is 12.1 Å². The molecule has 0 bridgehead atoms. The maximum atomic E-state index is 6.11. The molecule has 0 amide bonds. The van der Waals surface area contributed by atoms with Gasteiger partial charge < -0.3 is 10.2 Å². The number of nitrogens with two attached hydrogens (primary N) is 1. The van der Waals surface area contributed by atoms with Gasteiger partial charge in [0, 0.05) is 5.56 Å². The second-order valence-corrected chi connectivity index (χ2v) is 7.49.